The zero-order chi connectivity index (χ0) is 14.5. The van der Waals surface area contributed by atoms with Gasteiger partial charge in [0, 0.05) is 6.04 Å². The molecule has 1 saturated carbocycles. The summed E-state index contributed by atoms with van der Waals surface area (Å²) in [5.74, 6) is 2.44. The standard InChI is InChI=1S/C17H27NO2/c1-4-13-6-5-7-15(10-13)20-16-9-8-14(12(2)18)11-17(16)19-3/h8-9,11-13,15H,4-7,10,18H2,1-3H3/t12-,13?,15?/m1/s1. The van der Waals surface area contributed by atoms with E-state index in [2.05, 4.69) is 6.92 Å². The number of benzene rings is 1. The van der Waals surface area contributed by atoms with E-state index in [9.17, 15) is 0 Å². The van der Waals surface area contributed by atoms with E-state index in [-0.39, 0.29) is 6.04 Å². The Hall–Kier alpha value is -1.22. The molecule has 3 nitrogen and oxygen atoms in total. The molecule has 1 fully saturated rings. The monoisotopic (exact) mass is 277 g/mol. The van der Waals surface area contributed by atoms with Crippen molar-refractivity contribution < 1.29 is 9.47 Å². The maximum atomic E-state index is 6.18. The van der Waals surface area contributed by atoms with E-state index >= 15 is 0 Å². The zero-order valence-electron chi connectivity index (χ0n) is 12.9. The summed E-state index contributed by atoms with van der Waals surface area (Å²) in [6, 6.07) is 6.02. The fourth-order valence-electron chi connectivity index (χ4n) is 2.96. The largest absolute Gasteiger partial charge is 0.493 e. The fourth-order valence-corrected chi connectivity index (χ4v) is 2.96. The van der Waals surface area contributed by atoms with Gasteiger partial charge in [0.05, 0.1) is 13.2 Å². The summed E-state index contributed by atoms with van der Waals surface area (Å²) in [5, 5.41) is 0. The summed E-state index contributed by atoms with van der Waals surface area (Å²) in [6.45, 7) is 4.24. The molecular weight excluding hydrogens is 250 g/mol. The summed E-state index contributed by atoms with van der Waals surface area (Å²) in [4.78, 5) is 0. The second-order valence-corrected chi connectivity index (χ2v) is 5.88. The smallest absolute Gasteiger partial charge is 0.161 e. The van der Waals surface area contributed by atoms with Crippen LogP contribution in [0.15, 0.2) is 18.2 Å². The van der Waals surface area contributed by atoms with Gasteiger partial charge in [-0.3, -0.25) is 0 Å². The van der Waals surface area contributed by atoms with Crippen LogP contribution in [0.3, 0.4) is 0 Å². The first-order chi connectivity index (χ1) is 9.63. The van der Waals surface area contributed by atoms with Crippen molar-refractivity contribution in [3.63, 3.8) is 0 Å². The summed E-state index contributed by atoms with van der Waals surface area (Å²) in [6.07, 6.45) is 6.49. The van der Waals surface area contributed by atoms with Gasteiger partial charge in [-0.25, -0.2) is 0 Å². The highest BCUT2D eigenvalue weighted by Crippen LogP contribution is 2.34. The van der Waals surface area contributed by atoms with E-state index in [1.807, 2.05) is 25.1 Å². The van der Waals surface area contributed by atoms with Crippen LogP contribution in [0, 0.1) is 5.92 Å². The van der Waals surface area contributed by atoms with Crippen LogP contribution in [0.4, 0.5) is 0 Å². The highest BCUT2D eigenvalue weighted by molar-refractivity contribution is 5.43. The van der Waals surface area contributed by atoms with Crippen molar-refractivity contribution in [2.24, 2.45) is 11.7 Å². The Bertz CT molecular complexity index is 431. The predicted molar refractivity (Wildman–Crippen MR) is 82.3 cm³/mol. The average molecular weight is 277 g/mol. The van der Waals surface area contributed by atoms with E-state index in [4.69, 9.17) is 15.2 Å². The molecule has 1 aliphatic carbocycles. The Kier molecular flexibility index (Phi) is 5.30. The SMILES string of the molecule is CCC1CCCC(Oc2ccc([C@@H](C)N)cc2OC)C1. The van der Waals surface area contributed by atoms with Crippen molar-refractivity contribution in [2.75, 3.05) is 7.11 Å². The van der Waals surface area contributed by atoms with Gasteiger partial charge in [0.25, 0.3) is 0 Å². The second-order valence-electron chi connectivity index (χ2n) is 5.88. The predicted octanol–water partition coefficient (Wildman–Crippen LogP) is 4.06. The lowest BCUT2D eigenvalue weighted by atomic mass is 9.85. The number of hydrogen-bond donors (Lipinski definition) is 1. The first kappa shape index (κ1) is 15.2. The van der Waals surface area contributed by atoms with Gasteiger partial charge in [-0.1, -0.05) is 25.8 Å². The number of ether oxygens (including phenoxy) is 2. The maximum absolute atomic E-state index is 6.18. The number of nitrogens with two attached hydrogens (primary N) is 1. The van der Waals surface area contributed by atoms with Gasteiger partial charge in [-0.15, -0.1) is 0 Å². The van der Waals surface area contributed by atoms with Crippen molar-refractivity contribution in [1.29, 1.82) is 0 Å². The topological polar surface area (TPSA) is 44.5 Å². The Morgan fingerprint density at radius 2 is 2.10 bits per heavy atom. The van der Waals surface area contributed by atoms with Crippen LogP contribution < -0.4 is 15.2 Å². The molecule has 20 heavy (non-hydrogen) atoms. The highest BCUT2D eigenvalue weighted by Gasteiger charge is 2.23. The molecule has 0 heterocycles. The first-order valence-electron chi connectivity index (χ1n) is 7.74. The maximum Gasteiger partial charge on any atom is 0.161 e. The number of methoxy groups -OCH3 is 1. The molecule has 0 bridgehead atoms. The molecule has 2 N–H and O–H groups in total. The van der Waals surface area contributed by atoms with Crippen molar-refractivity contribution in [2.45, 2.75) is 58.1 Å². The average Bonchev–Trinajstić information content (AvgIpc) is 2.47. The zero-order valence-corrected chi connectivity index (χ0v) is 12.9. The van der Waals surface area contributed by atoms with Gasteiger partial charge in [-0.2, -0.15) is 0 Å². The van der Waals surface area contributed by atoms with Crippen molar-refractivity contribution in [3.05, 3.63) is 23.8 Å². The molecule has 3 heteroatoms. The molecular formula is C17H27NO2. The quantitative estimate of drug-likeness (QED) is 0.882. The third kappa shape index (κ3) is 3.66. The van der Waals surface area contributed by atoms with Crippen LogP contribution in [0.25, 0.3) is 0 Å². The van der Waals surface area contributed by atoms with Gasteiger partial charge in [0.2, 0.25) is 0 Å². The molecule has 112 valence electrons. The first-order valence-corrected chi connectivity index (χ1v) is 7.74. The lowest BCUT2D eigenvalue weighted by Gasteiger charge is -2.29. The van der Waals surface area contributed by atoms with Crippen LogP contribution in [0.2, 0.25) is 0 Å². The van der Waals surface area contributed by atoms with Crippen LogP contribution in [-0.2, 0) is 0 Å². The fraction of sp³-hybridized carbons (Fsp3) is 0.647. The summed E-state index contributed by atoms with van der Waals surface area (Å²) in [7, 11) is 1.68. The van der Waals surface area contributed by atoms with E-state index in [0.29, 0.717) is 6.10 Å². The molecule has 1 aromatic carbocycles. The van der Waals surface area contributed by atoms with Crippen molar-refractivity contribution in [1.82, 2.24) is 0 Å². The molecule has 0 aliphatic heterocycles. The third-order valence-electron chi connectivity index (χ3n) is 4.32. The van der Waals surface area contributed by atoms with Crippen LogP contribution >= 0.6 is 0 Å². The molecule has 2 unspecified atom stereocenters. The normalized spacial score (nSPS) is 24.2. The summed E-state index contributed by atoms with van der Waals surface area (Å²) >= 11 is 0. The molecule has 0 spiro atoms. The molecule has 2 rings (SSSR count). The van der Waals surface area contributed by atoms with Crippen molar-refractivity contribution >= 4 is 0 Å². The van der Waals surface area contributed by atoms with Gasteiger partial charge >= 0.3 is 0 Å². The number of rotatable bonds is 5. The van der Waals surface area contributed by atoms with E-state index < -0.39 is 0 Å². The van der Waals surface area contributed by atoms with Crippen LogP contribution in [0.5, 0.6) is 11.5 Å². The molecule has 3 atom stereocenters. The molecule has 0 radical (unpaired) electrons. The third-order valence-corrected chi connectivity index (χ3v) is 4.32. The number of hydrogen-bond acceptors (Lipinski definition) is 3. The van der Waals surface area contributed by atoms with Crippen molar-refractivity contribution in [3.8, 4) is 11.5 Å². The second kappa shape index (κ2) is 6.98. The van der Waals surface area contributed by atoms with E-state index in [1.165, 1.54) is 19.3 Å². The van der Waals surface area contributed by atoms with Crippen LogP contribution in [-0.4, -0.2) is 13.2 Å². The lowest BCUT2D eigenvalue weighted by Crippen LogP contribution is -2.25. The van der Waals surface area contributed by atoms with Gasteiger partial charge in [0.15, 0.2) is 11.5 Å². The molecule has 1 aliphatic rings. The van der Waals surface area contributed by atoms with E-state index in [0.717, 1.165) is 35.8 Å². The van der Waals surface area contributed by atoms with Gasteiger partial charge in [0.1, 0.15) is 0 Å². The Morgan fingerprint density at radius 1 is 1.30 bits per heavy atom. The van der Waals surface area contributed by atoms with Crippen LogP contribution in [0.1, 0.15) is 57.6 Å². The Balaban J connectivity index is 2.08. The summed E-state index contributed by atoms with van der Waals surface area (Å²) in [5.41, 5.74) is 6.98. The highest BCUT2D eigenvalue weighted by atomic mass is 16.5. The summed E-state index contributed by atoms with van der Waals surface area (Å²) < 4.78 is 11.6. The minimum Gasteiger partial charge on any atom is -0.493 e. The molecule has 0 amide bonds. The molecule has 1 aromatic rings. The lowest BCUT2D eigenvalue weighted by molar-refractivity contribution is 0.118. The van der Waals surface area contributed by atoms with Gasteiger partial charge in [-0.05, 0) is 49.8 Å². The Morgan fingerprint density at radius 3 is 2.75 bits per heavy atom. The minimum atomic E-state index is 0.0112. The molecule has 0 aromatic heterocycles. The minimum absolute atomic E-state index is 0.0112. The van der Waals surface area contributed by atoms with Gasteiger partial charge < -0.3 is 15.2 Å². The van der Waals surface area contributed by atoms with E-state index in [1.54, 1.807) is 7.11 Å². The Labute approximate surface area is 122 Å². The molecule has 0 saturated heterocycles.